The molecule has 3 heterocycles. The van der Waals surface area contributed by atoms with Crippen LogP contribution >= 0.6 is 0 Å². The van der Waals surface area contributed by atoms with Crippen LogP contribution in [0.15, 0.2) is 66.9 Å². The molecule has 0 spiro atoms. The molecule has 5 rings (SSSR count). The number of benzene rings is 2. The third-order valence-electron chi connectivity index (χ3n) is 5.88. The minimum Gasteiger partial charge on any atom is -0.489 e. The molecule has 1 aliphatic heterocycles. The van der Waals surface area contributed by atoms with Crippen molar-refractivity contribution in [3.8, 4) is 17.1 Å². The summed E-state index contributed by atoms with van der Waals surface area (Å²) in [7, 11) is 0. The normalized spacial score (nSPS) is 14.8. The molecular weight excluding hydrogens is 386 g/mol. The van der Waals surface area contributed by atoms with Crippen LogP contribution in [0.1, 0.15) is 12.5 Å². The van der Waals surface area contributed by atoms with Crippen LogP contribution in [0.25, 0.3) is 22.4 Å². The smallest absolute Gasteiger partial charge is 0.163 e. The number of piperazine rings is 1. The SMILES string of the molecule is CCN1CCN(c2nc(-c3ccc(OCc4ccccc4)cc3)nc3[nH]ccc23)CC1. The second kappa shape index (κ2) is 8.78. The van der Waals surface area contributed by atoms with E-state index in [4.69, 9.17) is 14.7 Å². The minimum absolute atomic E-state index is 0.555. The largest absolute Gasteiger partial charge is 0.489 e. The molecule has 0 saturated carbocycles. The van der Waals surface area contributed by atoms with E-state index in [0.717, 1.165) is 72.3 Å². The number of aromatic nitrogens is 3. The van der Waals surface area contributed by atoms with Gasteiger partial charge in [-0.1, -0.05) is 37.3 Å². The number of rotatable bonds is 6. The summed E-state index contributed by atoms with van der Waals surface area (Å²) in [5.41, 5.74) is 3.01. The molecule has 0 unspecified atom stereocenters. The third kappa shape index (κ3) is 4.25. The highest BCUT2D eigenvalue weighted by molar-refractivity contribution is 5.89. The fourth-order valence-corrected chi connectivity index (χ4v) is 4.01. The van der Waals surface area contributed by atoms with Gasteiger partial charge in [-0.15, -0.1) is 0 Å². The van der Waals surface area contributed by atoms with Gasteiger partial charge in [0.05, 0.1) is 5.39 Å². The van der Waals surface area contributed by atoms with E-state index in [0.29, 0.717) is 6.61 Å². The maximum atomic E-state index is 5.92. The lowest BCUT2D eigenvalue weighted by Crippen LogP contribution is -2.46. The molecule has 0 bridgehead atoms. The predicted molar refractivity (Wildman–Crippen MR) is 124 cm³/mol. The monoisotopic (exact) mass is 413 g/mol. The van der Waals surface area contributed by atoms with E-state index in [-0.39, 0.29) is 0 Å². The van der Waals surface area contributed by atoms with Crippen LogP contribution in [0.3, 0.4) is 0 Å². The Kier molecular flexibility index (Phi) is 5.54. The standard InChI is InChI=1S/C25H27N5O/c1-2-29-14-16-30(17-15-29)25-22-12-13-26-24(22)27-23(28-25)20-8-10-21(11-9-20)31-18-19-6-4-3-5-7-19/h3-13H,2,14-18H2,1H3,(H,26,27,28). The summed E-state index contributed by atoms with van der Waals surface area (Å²) >= 11 is 0. The van der Waals surface area contributed by atoms with Crippen molar-refractivity contribution in [2.75, 3.05) is 37.6 Å². The fraction of sp³-hybridized carbons (Fsp3) is 0.280. The van der Waals surface area contributed by atoms with Crippen LogP contribution in [0.4, 0.5) is 5.82 Å². The summed E-state index contributed by atoms with van der Waals surface area (Å²) in [6, 6.07) is 20.3. The quantitative estimate of drug-likeness (QED) is 0.509. The van der Waals surface area contributed by atoms with Gasteiger partial charge in [-0.05, 0) is 42.4 Å². The summed E-state index contributed by atoms with van der Waals surface area (Å²) in [5, 5.41) is 1.08. The third-order valence-corrected chi connectivity index (χ3v) is 5.88. The zero-order valence-electron chi connectivity index (χ0n) is 17.8. The number of aromatic amines is 1. The van der Waals surface area contributed by atoms with E-state index in [9.17, 15) is 0 Å². The number of likely N-dealkylation sites (N-methyl/N-ethyl adjacent to an activating group) is 1. The average molecular weight is 414 g/mol. The Labute approximate surface area is 182 Å². The highest BCUT2D eigenvalue weighted by Gasteiger charge is 2.20. The van der Waals surface area contributed by atoms with Crippen molar-refractivity contribution in [1.82, 2.24) is 19.9 Å². The molecule has 1 N–H and O–H groups in total. The molecule has 0 radical (unpaired) electrons. The minimum atomic E-state index is 0.555. The van der Waals surface area contributed by atoms with Gasteiger partial charge in [0.2, 0.25) is 0 Å². The van der Waals surface area contributed by atoms with Crippen molar-refractivity contribution in [1.29, 1.82) is 0 Å². The molecule has 6 nitrogen and oxygen atoms in total. The van der Waals surface area contributed by atoms with E-state index in [1.165, 1.54) is 0 Å². The Morgan fingerprint density at radius 3 is 2.42 bits per heavy atom. The predicted octanol–water partition coefficient (Wildman–Crippen LogP) is 4.35. The molecular formula is C25H27N5O. The first-order valence-corrected chi connectivity index (χ1v) is 10.9. The number of anilines is 1. The van der Waals surface area contributed by atoms with Crippen molar-refractivity contribution in [2.45, 2.75) is 13.5 Å². The number of hydrogen-bond donors (Lipinski definition) is 1. The van der Waals surface area contributed by atoms with E-state index in [1.807, 2.05) is 48.7 Å². The Balaban J connectivity index is 1.37. The van der Waals surface area contributed by atoms with Gasteiger partial charge in [-0.2, -0.15) is 0 Å². The van der Waals surface area contributed by atoms with Crippen LogP contribution in [0.2, 0.25) is 0 Å². The topological polar surface area (TPSA) is 57.3 Å². The molecule has 0 aliphatic carbocycles. The Bertz CT molecular complexity index is 1130. The lowest BCUT2D eigenvalue weighted by atomic mass is 10.2. The second-order valence-electron chi connectivity index (χ2n) is 7.83. The number of nitrogens with zero attached hydrogens (tertiary/aromatic N) is 4. The first-order valence-electron chi connectivity index (χ1n) is 10.9. The molecule has 2 aromatic heterocycles. The Morgan fingerprint density at radius 2 is 1.68 bits per heavy atom. The van der Waals surface area contributed by atoms with Gasteiger partial charge in [0.15, 0.2) is 5.82 Å². The molecule has 158 valence electrons. The van der Waals surface area contributed by atoms with Gasteiger partial charge in [0.25, 0.3) is 0 Å². The fourth-order valence-electron chi connectivity index (χ4n) is 4.01. The van der Waals surface area contributed by atoms with E-state index >= 15 is 0 Å². The summed E-state index contributed by atoms with van der Waals surface area (Å²) in [6.45, 7) is 7.97. The number of nitrogens with one attached hydrogen (secondary N) is 1. The summed E-state index contributed by atoms with van der Waals surface area (Å²) in [5.74, 6) is 2.59. The van der Waals surface area contributed by atoms with Gasteiger partial charge in [0.1, 0.15) is 23.8 Å². The Morgan fingerprint density at radius 1 is 0.903 bits per heavy atom. The molecule has 1 saturated heterocycles. The summed E-state index contributed by atoms with van der Waals surface area (Å²) in [6.07, 6.45) is 1.94. The zero-order chi connectivity index (χ0) is 21.0. The van der Waals surface area contributed by atoms with Crippen molar-refractivity contribution >= 4 is 16.9 Å². The van der Waals surface area contributed by atoms with Crippen molar-refractivity contribution in [2.24, 2.45) is 0 Å². The zero-order valence-corrected chi connectivity index (χ0v) is 17.8. The maximum absolute atomic E-state index is 5.92. The molecule has 0 atom stereocenters. The van der Waals surface area contributed by atoms with Crippen LogP contribution in [0.5, 0.6) is 5.75 Å². The highest BCUT2D eigenvalue weighted by Crippen LogP contribution is 2.28. The van der Waals surface area contributed by atoms with Crippen molar-refractivity contribution in [3.05, 3.63) is 72.4 Å². The number of ether oxygens (including phenoxy) is 1. The Hall–Kier alpha value is -3.38. The molecule has 4 aromatic rings. The number of H-pyrrole nitrogens is 1. The number of fused-ring (bicyclic) bond motifs is 1. The maximum Gasteiger partial charge on any atom is 0.163 e. The van der Waals surface area contributed by atoms with Gasteiger partial charge < -0.3 is 19.5 Å². The van der Waals surface area contributed by atoms with Gasteiger partial charge in [-0.3, -0.25) is 0 Å². The van der Waals surface area contributed by atoms with Gasteiger partial charge in [0, 0.05) is 37.9 Å². The van der Waals surface area contributed by atoms with Gasteiger partial charge in [-0.25, -0.2) is 9.97 Å². The van der Waals surface area contributed by atoms with Crippen molar-refractivity contribution < 1.29 is 4.74 Å². The lowest BCUT2D eigenvalue weighted by Gasteiger charge is -2.35. The first-order chi connectivity index (χ1) is 15.3. The molecule has 2 aromatic carbocycles. The molecule has 6 heteroatoms. The van der Waals surface area contributed by atoms with Crippen LogP contribution in [-0.4, -0.2) is 52.6 Å². The summed E-state index contributed by atoms with van der Waals surface area (Å²) in [4.78, 5) is 17.9. The van der Waals surface area contributed by atoms with Gasteiger partial charge >= 0.3 is 0 Å². The van der Waals surface area contributed by atoms with E-state index in [2.05, 4.69) is 39.9 Å². The molecule has 1 fully saturated rings. The molecule has 1 aliphatic rings. The molecule has 0 amide bonds. The van der Waals surface area contributed by atoms with Crippen molar-refractivity contribution in [3.63, 3.8) is 0 Å². The average Bonchev–Trinajstić information content (AvgIpc) is 3.32. The van der Waals surface area contributed by atoms with Crippen LogP contribution in [0, 0.1) is 0 Å². The number of hydrogen-bond acceptors (Lipinski definition) is 5. The highest BCUT2D eigenvalue weighted by atomic mass is 16.5. The summed E-state index contributed by atoms with van der Waals surface area (Å²) < 4.78 is 5.92. The van der Waals surface area contributed by atoms with E-state index < -0.39 is 0 Å². The molecule has 31 heavy (non-hydrogen) atoms. The van der Waals surface area contributed by atoms with Crippen LogP contribution in [-0.2, 0) is 6.61 Å². The lowest BCUT2D eigenvalue weighted by molar-refractivity contribution is 0.271. The van der Waals surface area contributed by atoms with E-state index in [1.54, 1.807) is 0 Å². The van der Waals surface area contributed by atoms with Crippen LogP contribution < -0.4 is 9.64 Å². The first kappa shape index (κ1) is 19.6. The second-order valence-corrected chi connectivity index (χ2v) is 7.83.